The van der Waals surface area contributed by atoms with E-state index in [1.54, 1.807) is 0 Å². The summed E-state index contributed by atoms with van der Waals surface area (Å²) in [6, 6.07) is 87.7. The Morgan fingerprint density at radius 1 is 0.308 bits per heavy atom. The lowest BCUT2D eigenvalue weighted by Crippen LogP contribution is -2.12. The van der Waals surface area contributed by atoms with Crippen LogP contribution in [-0.4, -0.2) is 4.57 Å². The van der Waals surface area contributed by atoms with Crippen molar-refractivity contribution in [3.8, 4) is 39.1 Å². The van der Waals surface area contributed by atoms with Gasteiger partial charge in [0.2, 0.25) is 0 Å². The molecule has 2 aromatic heterocycles. The maximum absolute atomic E-state index is 6.41. The fourth-order valence-corrected chi connectivity index (χ4v) is 10.1. The maximum atomic E-state index is 6.41. The largest absolute Gasteiger partial charge is 0.456 e. The molecule has 0 fully saturated rings. The number of anilines is 3. The molecule has 11 aromatic carbocycles. The van der Waals surface area contributed by atoms with Gasteiger partial charge in [0, 0.05) is 43.9 Å². The number of hydrogen-bond acceptors (Lipinski definition) is 2. The third-order valence-electron chi connectivity index (χ3n) is 13.2. The van der Waals surface area contributed by atoms with Crippen molar-refractivity contribution >= 4 is 82.4 Å². The van der Waals surface area contributed by atoms with Gasteiger partial charge in [-0.05, 0) is 111 Å². The van der Waals surface area contributed by atoms with E-state index < -0.39 is 0 Å². The average molecular weight is 829 g/mol. The van der Waals surface area contributed by atoms with Gasteiger partial charge in [-0.3, -0.25) is 0 Å². The molecule has 3 nitrogen and oxygen atoms in total. The van der Waals surface area contributed by atoms with Gasteiger partial charge in [0.1, 0.15) is 11.2 Å². The van der Waals surface area contributed by atoms with Crippen molar-refractivity contribution in [3.63, 3.8) is 0 Å². The second-order valence-electron chi connectivity index (χ2n) is 16.9. The second kappa shape index (κ2) is 15.0. The molecule has 0 spiro atoms. The number of para-hydroxylation sites is 4. The first-order chi connectivity index (χ1) is 32.2. The Morgan fingerprint density at radius 3 is 1.62 bits per heavy atom. The highest BCUT2D eigenvalue weighted by atomic mass is 16.3. The van der Waals surface area contributed by atoms with Gasteiger partial charge in [-0.25, -0.2) is 0 Å². The number of fused-ring (bicyclic) bond motifs is 9. The van der Waals surface area contributed by atoms with Crippen LogP contribution < -0.4 is 4.90 Å². The lowest BCUT2D eigenvalue weighted by atomic mass is 9.96. The summed E-state index contributed by atoms with van der Waals surface area (Å²) in [4.78, 5) is 2.43. The van der Waals surface area contributed by atoms with Gasteiger partial charge in [0.15, 0.2) is 0 Å². The van der Waals surface area contributed by atoms with Crippen LogP contribution in [0.15, 0.2) is 247 Å². The standard InChI is InChI=1S/C62H40N2O/c1-2-17-49-45(14-1)39-60(52-20-4-3-19-51(49)52)63(57-24-9-5-18-50(57)46-34-37-56-55-23-8-12-27-61(55)65-62(56)40-46)47-35-32-42(33-36-47)41-28-30-43(31-29-41)44-15-13-16-48(38-44)64-58-25-10-6-21-53(58)54-22-7-11-26-59(54)64/h1-40H. The van der Waals surface area contributed by atoms with Crippen molar-refractivity contribution in [1.82, 2.24) is 4.57 Å². The molecule has 65 heavy (non-hydrogen) atoms. The fourth-order valence-electron chi connectivity index (χ4n) is 10.1. The van der Waals surface area contributed by atoms with Crippen molar-refractivity contribution in [3.05, 3.63) is 243 Å². The van der Waals surface area contributed by atoms with Crippen molar-refractivity contribution in [2.24, 2.45) is 0 Å². The molecule has 0 N–H and O–H groups in total. The smallest absolute Gasteiger partial charge is 0.136 e. The first kappa shape index (κ1) is 36.9. The molecule has 0 aliphatic heterocycles. The first-order valence-corrected chi connectivity index (χ1v) is 22.2. The summed E-state index contributed by atoms with van der Waals surface area (Å²) in [5, 5.41) is 9.64. The Hall–Kier alpha value is -8.66. The molecule has 3 heteroatoms. The summed E-state index contributed by atoms with van der Waals surface area (Å²) in [7, 11) is 0. The molecule has 13 rings (SSSR count). The van der Waals surface area contributed by atoms with Gasteiger partial charge in [0.05, 0.1) is 22.4 Å². The van der Waals surface area contributed by atoms with Crippen LogP contribution >= 0.6 is 0 Å². The van der Waals surface area contributed by atoms with Crippen molar-refractivity contribution in [2.45, 2.75) is 0 Å². The Balaban J connectivity index is 0.899. The summed E-state index contributed by atoms with van der Waals surface area (Å²) in [5.74, 6) is 0. The maximum Gasteiger partial charge on any atom is 0.136 e. The minimum atomic E-state index is 0.882. The van der Waals surface area contributed by atoms with Gasteiger partial charge in [-0.1, -0.05) is 176 Å². The molecule has 2 heterocycles. The van der Waals surface area contributed by atoms with Crippen LogP contribution in [-0.2, 0) is 0 Å². The van der Waals surface area contributed by atoms with Crippen molar-refractivity contribution in [1.29, 1.82) is 0 Å². The van der Waals surface area contributed by atoms with Crippen LogP contribution in [0.25, 0.3) is 104 Å². The van der Waals surface area contributed by atoms with E-state index in [0.717, 1.165) is 61.4 Å². The predicted molar refractivity (Wildman–Crippen MR) is 274 cm³/mol. The van der Waals surface area contributed by atoms with Gasteiger partial charge in [-0.15, -0.1) is 0 Å². The fraction of sp³-hybridized carbons (Fsp3) is 0. The molecule has 0 saturated carbocycles. The van der Waals surface area contributed by atoms with Crippen molar-refractivity contribution in [2.75, 3.05) is 4.90 Å². The molecule has 304 valence electrons. The highest BCUT2D eigenvalue weighted by Gasteiger charge is 2.21. The van der Waals surface area contributed by atoms with Crippen LogP contribution in [0.5, 0.6) is 0 Å². The molecule has 0 aliphatic carbocycles. The molecule has 0 atom stereocenters. The van der Waals surface area contributed by atoms with Crippen LogP contribution in [0.2, 0.25) is 0 Å². The minimum absolute atomic E-state index is 0.882. The van der Waals surface area contributed by atoms with Gasteiger partial charge >= 0.3 is 0 Å². The molecule has 0 saturated heterocycles. The molecule has 0 unspecified atom stereocenters. The van der Waals surface area contributed by atoms with Crippen LogP contribution in [0, 0.1) is 0 Å². The van der Waals surface area contributed by atoms with Crippen molar-refractivity contribution < 1.29 is 4.42 Å². The predicted octanol–water partition coefficient (Wildman–Crippen LogP) is 17.5. The zero-order valence-corrected chi connectivity index (χ0v) is 35.4. The topological polar surface area (TPSA) is 21.3 Å². The molecule has 13 aromatic rings. The zero-order chi connectivity index (χ0) is 42.8. The van der Waals surface area contributed by atoms with E-state index in [0.29, 0.717) is 0 Å². The molecule has 0 bridgehead atoms. The van der Waals surface area contributed by atoms with E-state index in [-0.39, 0.29) is 0 Å². The van der Waals surface area contributed by atoms with Crippen LogP contribution in [0.1, 0.15) is 0 Å². The third-order valence-corrected chi connectivity index (χ3v) is 13.2. The van der Waals surface area contributed by atoms with E-state index in [2.05, 4.69) is 240 Å². The lowest BCUT2D eigenvalue weighted by Gasteiger charge is -2.29. The van der Waals surface area contributed by atoms with E-state index in [1.165, 1.54) is 60.0 Å². The summed E-state index contributed by atoms with van der Waals surface area (Å²) in [6.45, 7) is 0. The molecular formula is C62H40N2O. The Labute approximate surface area is 376 Å². The van der Waals surface area contributed by atoms with E-state index in [4.69, 9.17) is 4.42 Å². The van der Waals surface area contributed by atoms with Gasteiger partial charge < -0.3 is 13.9 Å². The number of furan rings is 1. The second-order valence-corrected chi connectivity index (χ2v) is 16.9. The number of benzene rings is 11. The highest BCUT2D eigenvalue weighted by molar-refractivity contribution is 6.15. The highest BCUT2D eigenvalue weighted by Crippen LogP contribution is 2.46. The van der Waals surface area contributed by atoms with E-state index >= 15 is 0 Å². The number of rotatable bonds is 7. The van der Waals surface area contributed by atoms with Crippen LogP contribution in [0.3, 0.4) is 0 Å². The monoisotopic (exact) mass is 828 g/mol. The normalized spacial score (nSPS) is 11.7. The molecule has 0 aliphatic rings. The first-order valence-electron chi connectivity index (χ1n) is 22.2. The SMILES string of the molecule is c1cc(-c2ccc(-c3ccc(N(c4ccccc4-c4ccc5c(c4)oc4ccccc45)c4cc5ccccc5c5ccccc45)cc3)cc2)cc(-n2c3ccccc3c3ccccc32)c1. The molecule has 0 radical (unpaired) electrons. The Morgan fingerprint density at radius 2 is 0.862 bits per heavy atom. The van der Waals surface area contributed by atoms with Gasteiger partial charge in [0.25, 0.3) is 0 Å². The minimum Gasteiger partial charge on any atom is -0.456 e. The summed E-state index contributed by atoms with van der Waals surface area (Å²) < 4.78 is 8.79. The van der Waals surface area contributed by atoms with E-state index in [1.807, 2.05) is 12.1 Å². The quantitative estimate of drug-likeness (QED) is 0.149. The third kappa shape index (κ3) is 6.12. The summed E-state index contributed by atoms with van der Waals surface area (Å²) >= 11 is 0. The van der Waals surface area contributed by atoms with E-state index in [9.17, 15) is 0 Å². The average Bonchev–Trinajstić information content (AvgIpc) is 3.92. The van der Waals surface area contributed by atoms with Gasteiger partial charge in [-0.2, -0.15) is 0 Å². The van der Waals surface area contributed by atoms with Crippen LogP contribution in [0.4, 0.5) is 17.1 Å². The number of aromatic nitrogens is 1. The summed E-state index contributed by atoms with van der Waals surface area (Å²) in [6.07, 6.45) is 0. The zero-order valence-electron chi connectivity index (χ0n) is 35.4. The Kier molecular flexibility index (Phi) is 8.53. The summed E-state index contributed by atoms with van der Waals surface area (Å²) in [5.41, 5.74) is 15.5. The Bertz CT molecular complexity index is 3900. The molecule has 0 amide bonds. The lowest BCUT2D eigenvalue weighted by molar-refractivity contribution is 0.669. The number of hydrogen-bond donors (Lipinski definition) is 0. The molecular weight excluding hydrogens is 789 g/mol. The number of nitrogens with zero attached hydrogens (tertiary/aromatic N) is 2.